The van der Waals surface area contributed by atoms with E-state index >= 15 is 0 Å². The Kier molecular flexibility index (Phi) is 6.15. The molecule has 0 unspecified atom stereocenters. The van der Waals surface area contributed by atoms with E-state index in [0.29, 0.717) is 13.1 Å². The molecule has 1 aromatic carbocycles. The third kappa shape index (κ3) is 5.09. The zero-order chi connectivity index (χ0) is 17.6. The van der Waals surface area contributed by atoms with Gasteiger partial charge in [-0.2, -0.15) is 0 Å². The number of piperidine rings is 2. The zero-order valence-electron chi connectivity index (χ0n) is 14.9. The van der Waals surface area contributed by atoms with Crippen LogP contribution in [0.2, 0.25) is 0 Å². The van der Waals surface area contributed by atoms with Crippen molar-refractivity contribution in [1.29, 1.82) is 0 Å². The first-order valence-electron chi connectivity index (χ1n) is 9.13. The van der Waals surface area contributed by atoms with Crippen molar-refractivity contribution >= 4 is 5.91 Å². The van der Waals surface area contributed by atoms with Crippen molar-refractivity contribution in [1.82, 2.24) is 9.80 Å². The fraction of sp³-hybridized carbons (Fsp3) is 0.632. The first kappa shape index (κ1) is 18.0. The summed E-state index contributed by atoms with van der Waals surface area (Å²) >= 11 is 0. The SMILES string of the molecule is COc1ccc(OC2CCN(C(=O)CN3CCC[C@H](O)C3)CC2)cc1. The van der Waals surface area contributed by atoms with Crippen LogP contribution in [0.25, 0.3) is 0 Å². The maximum atomic E-state index is 12.5. The number of methoxy groups -OCH3 is 1. The molecule has 1 amide bonds. The zero-order valence-corrected chi connectivity index (χ0v) is 14.9. The van der Waals surface area contributed by atoms with Crippen LogP contribution in [0.4, 0.5) is 0 Å². The summed E-state index contributed by atoms with van der Waals surface area (Å²) in [6.45, 7) is 3.40. The lowest BCUT2D eigenvalue weighted by Gasteiger charge is -2.35. The number of hydrogen-bond donors (Lipinski definition) is 1. The van der Waals surface area contributed by atoms with Gasteiger partial charge < -0.3 is 19.5 Å². The van der Waals surface area contributed by atoms with Crippen molar-refractivity contribution < 1.29 is 19.4 Å². The van der Waals surface area contributed by atoms with E-state index in [4.69, 9.17) is 9.47 Å². The maximum Gasteiger partial charge on any atom is 0.236 e. The monoisotopic (exact) mass is 348 g/mol. The van der Waals surface area contributed by atoms with Crippen molar-refractivity contribution in [3.05, 3.63) is 24.3 Å². The average Bonchev–Trinajstić information content (AvgIpc) is 2.63. The summed E-state index contributed by atoms with van der Waals surface area (Å²) < 4.78 is 11.2. The van der Waals surface area contributed by atoms with Crippen LogP contribution < -0.4 is 9.47 Å². The number of β-amino-alcohol motifs (C(OH)–C–C–N with tert-alkyl or cyclic N) is 1. The highest BCUT2D eigenvalue weighted by molar-refractivity contribution is 5.78. The van der Waals surface area contributed by atoms with E-state index < -0.39 is 0 Å². The number of rotatable bonds is 5. The molecule has 0 aliphatic carbocycles. The van der Waals surface area contributed by atoms with E-state index in [0.717, 1.165) is 56.8 Å². The Bertz CT molecular complexity index is 555. The third-order valence-corrected chi connectivity index (χ3v) is 5.00. The van der Waals surface area contributed by atoms with Gasteiger partial charge in [-0.05, 0) is 43.7 Å². The molecule has 2 aliphatic heterocycles. The van der Waals surface area contributed by atoms with Gasteiger partial charge in [0.05, 0.1) is 19.8 Å². The van der Waals surface area contributed by atoms with Crippen LogP contribution in [-0.2, 0) is 4.79 Å². The summed E-state index contributed by atoms with van der Waals surface area (Å²) in [4.78, 5) is 16.4. The molecular weight excluding hydrogens is 320 g/mol. The van der Waals surface area contributed by atoms with Crippen LogP contribution >= 0.6 is 0 Å². The number of hydrogen-bond acceptors (Lipinski definition) is 5. The molecule has 6 heteroatoms. The number of amides is 1. The fourth-order valence-electron chi connectivity index (χ4n) is 3.54. The van der Waals surface area contributed by atoms with Gasteiger partial charge in [-0.15, -0.1) is 0 Å². The highest BCUT2D eigenvalue weighted by Crippen LogP contribution is 2.22. The van der Waals surface area contributed by atoms with Crippen LogP contribution in [-0.4, -0.2) is 72.9 Å². The van der Waals surface area contributed by atoms with E-state index in [9.17, 15) is 9.90 Å². The van der Waals surface area contributed by atoms with Gasteiger partial charge >= 0.3 is 0 Å². The summed E-state index contributed by atoms with van der Waals surface area (Å²) in [5.41, 5.74) is 0. The van der Waals surface area contributed by atoms with E-state index in [1.165, 1.54) is 0 Å². The van der Waals surface area contributed by atoms with Crippen molar-refractivity contribution in [2.24, 2.45) is 0 Å². The molecule has 2 heterocycles. The summed E-state index contributed by atoms with van der Waals surface area (Å²) in [5.74, 6) is 1.82. The van der Waals surface area contributed by atoms with E-state index in [1.54, 1.807) is 7.11 Å². The van der Waals surface area contributed by atoms with Gasteiger partial charge in [0, 0.05) is 32.5 Å². The van der Waals surface area contributed by atoms with Crippen LogP contribution in [0.1, 0.15) is 25.7 Å². The number of nitrogens with zero attached hydrogens (tertiary/aromatic N) is 2. The Morgan fingerprint density at radius 2 is 1.80 bits per heavy atom. The minimum absolute atomic E-state index is 0.147. The molecule has 138 valence electrons. The van der Waals surface area contributed by atoms with Gasteiger partial charge in [-0.25, -0.2) is 0 Å². The van der Waals surface area contributed by atoms with Gasteiger partial charge in [-0.1, -0.05) is 0 Å². The number of benzene rings is 1. The predicted molar refractivity (Wildman–Crippen MR) is 94.9 cm³/mol. The lowest BCUT2D eigenvalue weighted by Crippen LogP contribution is -2.48. The summed E-state index contributed by atoms with van der Waals surface area (Å²) in [5, 5.41) is 9.72. The van der Waals surface area contributed by atoms with Crippen LogP contribution in [0, 0.1) is 0 Å². The Morgan fingerprint density at radius 3 is 2.44 bits per heavy atom. The molecule has 3 rings (SSSR count). The van der Waals surface area contributed by atoms with Crippen molar-refractivity contribution in [2.45, 2.75) is 37.9 Å². The van der Waals surface area contributed by atoms with E-state index in [2.05, 4.69) is 4.90 Å². The van der Waals surface area contributed by atoms with Crippen molar-refractivity contribution in [3.8, 4) is 11.5 Å². The number of carbonyl (C=O) groups is 1. The van der Waals surface area contributed by atoms with Crippen LogP contribution in [0.3, 0.4) is 0 Å². The molecule has 2 fully saturated rings. The number of aliphatic hydroxyl groups is 1. The number of ether oxygens (including phenoxy) is 2. The Hall–Kier alpha value is -1.79. The molecule has 1 aromatic rings. The van der Waals surface area contributed by atoms with E-state index in [-0.39, 0.29) is 18.1 Å². The van der Waals surface area contributed by atoms with Gasteiger partial charge in [0.2, 0.25) is 5.91 Å². The minimum atomic E-state index is -0.287. The molecular formula is C19H28N2O4. The standard InChI is InChI=1S/C19H28N2O4/c1-24-16-4-6-17(7-5-16)25-18-8-11-21(12-9-18)19(23)14-20-10-2-3-15(22)13-20/h4-7,15,18,22H,2-3,8-14H2,1H3/t15-/m0/s1. The summed E-state index contributed by atoms with van der Waals surface area (Å²) in [7, 11) is 1.65. The van der Waals surface area contributed by atoms with Crippen molar-refractivity contribution in [2.75, 3.05) is 39.8 Å². The Balaban J connectivity index is 1.42. The molecule has 1 N–H and O–H groups in total. The molecule has 2 saturated heterocycles. The third-order valence-electron chi connectivity index (χ3n) is 5.00. The van der Waals surface area contributed by atoms with Gasteiger partial charge in [0.25, 0.3) is 0 Å². The molecule has 0 aromatic heterocycles. The molecule has 0 saturated carbocycles. The molecule has 0 spiro atoms. The van der Waals surface area contributed by atoms with Crippen LogP contribution in [0.15, 0.2) is 24.3 Å². The van der Waals surface area contributed by atoms with Crippen LogP contribution in [0.5, 0.6) is 11.5 Å². The van der Waals surface area contributed by atoms with Gasteiger partial charge in [-0.3, -0.25) is 9.69 Å². The quantitative estimate of drug-likeness (QED) is 0.874. The first-order valence-corrected chi connectivity index (χ1v) is 9.13. The van der Waals surface area contributed by atoms with E-state index in [1.807, 2.05) is 29.2 Å². The predicted octanol–water partition coefficient (Wildman–Crippen LogP) is 1.52. The highest BCUT2D eigenvalue weighted by atomic mass is 16.5. The molecule has 0 bridgehead atoms. The normalized spacial score (nSPS) is 22.6. The summed E-state index contributed by atoms with van der Waals surface area (Å²) in [6, 6.07) is 7.61. The summed E-state index contributed by atoms with van der Waals surface area (Å²) in [6.07, 6.45) is 3.37. The Morgan fingerprint density at radius 1 is 1.12 bits per heavy atom. The highest BCUT2D eigenvalue weighted by Gasteiger charge is 2.26. The molecule has 0 radical (unpaired) electrons. The topological polar surface area (TPSA) is 62.2 Å². The van der Waals surface area contributed by atoms with Gasteiger partial charge in [0.1, 0.15) is 17.6 Å². The molecule has 6 nitrogen and oxygen atoms in total. The van der Waals surface area contributed by atoms with Crippen molar-refractivity contribution in [3.63, 3.8) is 0 Å². The minimum Gasteiger partial charge on any atom is -0.497 e. The molecule has 25 heavy (non-hydrogen) atoms. The Labute approximate surface area is 149 Å². The number of likely N-dealkylation sites (tertiary alicyclic amines) is 2. The molecule has 1 atom stereocenters. The average molecular weight is 348 g/mol. The lowest BCUT2D eigenvalue weighted by molar-refractivity contribution is -0.134. The second-order valence-electron chi connectivity index (χ2n) is 6.90. The first-order chi connectivity index (χ1) is 12.1. The fourth-order valence-corrected chi connectivity index (χ4v) is 3.54. The second kappa shape index (κ2) is 8.54. The maximum absolute atomic E-state index is 12.5. The number of aliphatic hydroxyl groups excluding tert-OH is 1. The van der Waals surface area contributed by atoms with Gasteiger partial charge in [0.15, 0.2) is 0 Å². The molecule has 2 aliphatic rings. The smallest absolute Gasteiger partial charge is 0.236 e. The lowest BCUT2D eigenvalue weighted by atomic mass is 10.1. The number of carbonyl (C=O) groups excluding carboxylic acids is 1. The largest absolute Gasteiger partial charge is 0.497 e. The second-order valence-corrected chi connectivity index (χ2v) is 6.90.